The number of H-pyrrole nitrogens is 1. The van der Waals surface area contributed by atoms with Crippen LogP contribution >= 0.6 is 11.3 Å². The normalized spacial score (nSPS) is 17.1. The summed E-state index contributed by atoms with van der Waals surface area (Å²) in [6, 6.07) is 3.86. The Labute approximate surface area is 130 Å². The molecule has 1 aliphatic heterocycles. The van der Waals surface area contributed by atoms with Crippen LogP contribution in [0.3, 0.4) is 0 Å². The lowest BCUT2D eigenvalue weighted by molar-refractivity contribution is -0.116. The number of nitrogens with zero attached hydrogens (tertiary/aromatic N) is 3. The molecule has 22 heavy (non-hydrogen) atoms. The van der Waals surface area contributed by atoms with E-state index in [0.29, 0.717) is 12.2 Å². The van der Waals surface area contributed by atoms with Gasteiger partial charge in [0.05, 0.1) is 10.7 Å². The molecule has 0 saturated heterocycles. The van der Waals surface area contributed by atoms with Gasteiger partial charge in [-0.1, -0.05) is 0 Å². The molecule has 4 heterocycles. The number of nitrogens with one attached hydrogen (secondary N) is 2. The van der Waals surface area contributed by atoms with Crippen molar-refractivity contribution in [1.82, 2.24) is 20.2 Å². The Hall–Kier alpha value is -2.54. The van der Waals surface area contributed by atoms with E-state index in [0.717, 1.165) is 26.7 Å². The van der Waals surface area contributed by atoms with Crippen LogP contribution in [0.4, 0.5) is 5.82 Å². The van der Waals surface area contributed by atoms with Gasteiger partial charge in [-0.2, -0.15) is 5.10 Å². The van der Waals surface area contributed by atoms with Crippen LogP contribution in [0.2, 0.25) is 0 Å². The fraction of sp³-hybridized carbons (Fsp3) is 0.200. The number of aromatic nitrogens is 4. The average molecular weight is 311 g/mol. The summed E-state index contributed by atoms with van der Waals surface area (Å²) in [6.45, 7) is 1.97. The van der Waals surface area contributed by atoms with Crippen LogP contribution in [0.5, 0.6) is 0 Å². The van der Waals surface area contributed by atoms with Crippen LogP contribution in [-0.2, 0) is 4.79 Å². The lowest BCUT2D eigenvalue weighted by Crippen LogP contribution is -2.22. The van der Waals surface area contributed by atoms with Gasteiger partial charge in [0.2, 0.25) is 5.91 Å². The molecule has 0 fully saturated rings. The molecule has 7 heteroatoms. The molecule has 0 aromatic carbocycles. The number of aromatic amines is 1. The topological polar surface area (TPSA) is 83.6 Å². The van der Waals surface area contributed by atoms with Crippen molar-refractivity contribution < 1.29 is 4.79 Å². The smallest absolute Gasteiger partial charge is 0.226 e. The lowest BCUT2D eigenvalue weighted by atomic mass is 9.89. The molecule has 4 rings (SSSR count). The van der Waals surface area contributed by atoms with E-state index in [4.69, 9.17) is 0 Å². The maximum absolute atomic E-state index is 12.0. The number of carbonyl (C=O) groups is 1. The monoisotopic (exact) mass is 311 g/mol. The first-order chi connectivity index (χ1) is 10.7. The summed E-state index contributed by atoms with van der Waals surface area (Å²) in [5.74, 6) is 0.558. The molecule has 0 saturated carbocycles. The second-order valence-electron chi connectivity index (χ2n) is 5.19. The van der Waals surface area contributed by atoms with E-state index >= 15 is 0 Å². The van der Waals surface area contributed by atoms with Gasteiger partial charge in [0.15, 0.2) is 5.82 Å². The van der Waals surface area contributed by atoms with E-state index in [9.17, 15) is 4.79 Å². The number of aryl methyl sites for hydroxylation is 1. The minimum absolute atomic E-state index is 0.0206. The zero-order chi connectivity index (χ0) is 15.1. The van der Waals surface area contributed by atoms with Crippen LogP contribution in [0, 0.1) is 6.92 Å². The number of fused-ring (bicyclic) bond motifs is 1. The largest absolute Gasteiger partial charge is 0.309 e. The molecular weight excluding hydrogens is 298 g/mol. The highest BCUT2D eigenvalue weighted by Gasteiger charge is 2.33. The van der Waals surface area contributed by atoms with Gasteiger partial charge < -0.3 is 5.32 Å². The summed E-state index contributed by atoms with van der Waals surface area (Å²) >= 11 is 1.62. The number of amides is 1. The number of rotatable bonds is 2. The highest BCUT2D eigenvalue weighted by Crippen LogP contribution is 2.42. The number of hydrogen-bond donors (Lipinski definition) is 2. The Bertz CT molecular complexity index is 839. The van der Waals surface area contributed by atoms with Crippen LogP contribution in [0.25, 0.3) is 11.3 Å². The first-order valence-corrected chi connectivity index (χ1v) is 7.75. The van der Waals surface area contributed by atoms with Crippen molar-refractivity contribution in [3.05, 3.63) is 46.2 Å². The molecule has 110 valence electrons. The number of thiazole rings is 1. The average Bonchev–Trinajstić information content (AvgIpc) is 3.13. The van der Waals surface area contributed by atoms with Crippen molar-refractivity contribution in [2.24, 2.45) is 0 Å². The van der Waals surface area contributed by atoms with Crippen molar-refractivity contribution in [3.8, 4) is 11.3 Å². The minimum Gasteiger partial charge on any atom is -0.309 e. The summed E-state index contributed by atoms with van der Waals surface area (Å²) in [6.07, 6.45) is 5.78. The molecule has 1 unspecified atom stereocenters. The Balaban J connectivity index is 1.88. The second kappa shape index (κ2) is 5.03. The third-order valence-electron chi connectivity index (χ3n) is 3.73. The highest BCUT2D eigenvalue weighted by molar-refractivity contribution is 7.11. The molecule has 0 bridgehead atoms. The third kappa shape index (κ3) is 2.10. The molecule has 3 aromatic heterocycles. The first kappa shape index (κ1) is 13.1. The van der Waals surface area contributed by atoms with Crippen molar-refractivity contribution in [3.63, 3.8) is 0 Å². The molecule has 1 amide bonds. The Morgan fingerprint density at radius 1 is 1.36 bits per heavy atom. The van der Waals surface area contributed by atoms with Gasteiger partial charge in [-0.3, -0.25) is 14.9 Å². The maximum Gasteiger partial charge on any atom is 0.226 e. The predicted octanol–water partition coefficient (Wildman–Crippen LogP) is 2.71. The SMILES string of the molecule is Cc1ncc(C2CC(=O)Nc3n[nH]c(-c4cccnc4)c32)s1. The fourth-order valence-corrected chi connectivity index (χ4v) is 3.66. The van der Waals surface area contributed by atoms with Crippen LogP contribution in [0.1, 0.15) is 27.8 Å². The summed E-state index contributed by atoms with van der Waals surface area (Å²) in [7, 11) is 0. The second-order valence-corrected chi connectivity index (χ2v) is 6.46. The quantitative estimate of drug-likeness (QED) is 0.762. The van der Waals surface area contributed by atoms with Crippen LogP contribution in [0.15, 0.2) is 30.7 Å². The van der Waals surface area contributed by atoms with Gasteiger partial charge in [0.1, 0.15) is 0 Å². The lowest BCUT2D eigenvalue weighted by Gasteiger charge is -2.21. The van der Waals surface area contributed by atoms with Gasteiger partial charge in [-0.05, 0) is 19.1 Å². The molecule has 0 aliphatic carbocycles. The van der Waals surface area contributed by atoms with Gasteiger partial charge >= 0.3 is 0 Å². The molecule has 2 N–H and O–H groups in total. The van der Waals surface area contributed by atoms with Gasteiger partial charge in [-0.15, -0.1) is 11.3 Å². The number of hydrogen-bond acceptors (Lipinski definition) is 5. The van der Waals surface area contributed by atoms with Crippen molar-refractivity contribution >= 4 is 23.1 Å². The number of pyridine rings is 1. The van der Waals surface area contributed by atoms with E-state index in [1.54, 1.807) is 23.7 Å². The Morgan fingerprint density at radius 2 is 2.27 bits per heavy atom. The van der Waals surface area contributed by atoms with Crippen LogP contribution < -0.4 is 5.32 Å². The van der Waals surface area contributed by atoms with E-state index in [-0.39, 0.29) is 11.8 Å². The first-order valence-electron chi connectivity index (χ1n) is 6.93. The van der Waals surface area contributed by atoms with Gasteiger partial charge in [0.25, 0.3) is 0 Å². The molecular formula is C15H13N5OS. The fourth-order valence-electron chi connectivity index (χ4n) is 2.77. The maximum atomic E-state index is 12.0. The zero-order valence-electron chi connectivity index (χ0n) is 11.8. The van der Waals surface area contributed by atoms with Crippen molar-refractivity contribution in [2.75, 3.05) is 5.32 Å². The van der Waals surface area contributed by atoms with E-state index in [1.807, 2.05) is 25.3 Å². The van der Waals surface area contributed by atoms with Gasteiger partial charge in [0, 0.05) is 46.9 Å². The van der Waals surface area contributed by atoms with Crippen molar-refractivity contribution in [2.45, 2.75) is 19.3 Å². The summed E-state index contributed by atoms with van der Waals surface area (Å²) in [4.78, 5) is 21.5. The minimum atomic E-state index is -0.0242. The molecule has 0 radical (unpaired) electrons. The van der Waals surface area contributed by atoms with Crippen LogP contribution in [-0.4, -0.2) is 26.1 Å². The number of anilines is 1. The molecule has 1 atom stereocenters. The number of carbonyl (C=O) groups excluding carboxylic acids is 1. The van der Waals surface area contributed by atoms with E-state index in [1.165, 1.54) is 0 Å². The predicted molar refractivity (Wildman–Crippen MR) is 83.8 cm³/mol. The summed E-state index contributed by atoms with van der Waals surface area (Å²) in [5, 5.41) is 11.1. The van der Waals surface area contributed by atoms with E-state index < -0.39 is 0 Å². The Kier molecular flexibility index (Phi) is 3.00. The highest BCUT2D eigenvalue weighted by atomic mass is 32.1. The van der Waals surface area contributed by atoms with Crippen molar-refractivity contribution in [1.29, 1.82) is 0 Å². The van der Waals surface area contributed by atoms with Gasteiger partial charge in [-0.25, -0.2) is 4.98 Å². The summed E-state index contributed by atoms with van der Waals surface area (Å²) < 4.78 is 0. The molecule has 6 nitrogen and oxygen atoms in total. The Morgan fingerprint density at radius 3 is 3.00 bits per heavy atom. The zero-order valence-corrected chi connectivity index (χ0v) is 12.6. The molecule has 1 aliphatic rings. The standard InChI is InChI=1S/C15H13N5OS/c1-8-17-7-11(22-8)10-5-12(21)18-15-13(10)14(19-20-15)9-3-2-4-16-6-9/h2-4,6-7,10H,5H2,1H3,(H2,18,19,20,21). The third-order valence-corrected chi connectivity index (χ3v) is 4.76. The summed E-state index contributed by atoms with van der Waals surface area (Å²) in [5.41, 5.74) is 2.87. The van der Waals surface area contributed by atoms with E-state index in [2.05, 4.69) is 25.5 Å². The molecule has 0 spiro atoms. The molecule has 3 aromatic rings.